The van der Waals surface area contributed by atoms with Gasteiger partial charge in [-0.1, -0.05) is 25.1 Å². The third-order valence-corrected chi connectivity index (χ3v) is 5.81. The molecule has 7 nitrogen and oxygen atoms in total. The average molecular weight is 489 g/mol. The Morgan fingerprint density at radius 2 is 1.77 bits per heavy atom. The van der Waals surface area contributed by atoms with Crippen LogP contribution in [-0.4, -0.2) is 53.3 Å². The van der Waals surface area contributed by atoms with E-state index < -0.39 is 12.1 Å². The van der Waals surface area contributed by atoms with Gasteiger partial charge in [-0.15, -0.1) is 10.2 Å². The van der Waals surface area contributed by atoms with E-state index in [1.165, 1.54) is 0 Å². The maximum absolute atomic E-state index is 12.4. The summed E-state index contributed by atoms with van der Waals surface area (Å²) in [4.78, 5) is 15.5. The van der Waals surface area contributed by atoms with Crippen LogP contribution in [0.15, 0.2) is 54.6 Å². The monoisotopic (exact) mass is 489 g/mol. The van der Waals surface area contributed by atoms with E-state index in [1.54, 1.807) is 7.11 Å². The lowest BCUT2D eigenvalue weighted by Crippen LogP contribution is -2.42. The van der Waals surface area contributed by atoms with Crippen LogP contribution in [0.1, 0.15) is 25.3 Å². The van der Waals surface area contributed by atoms with Gasteiger partial charge in [0.2, 0.25) is 5.88 Å². The Bertz CT molecular complexity index is 1150. The van der Waals surface area contributed by atoms with Crippen LogP contribution in [-0.2, 0) is 16.1 Å². The SMILES string of the molecule is CCc1ccccc1-n1nc(OC2CCN(OC(=O)C(F)(F)F)CC2)cc1-c1ccc(OC)cc1. The number of halogens is 3. The van der Waals surface area contributed by atoms with Crippen LogP contribution >= 0.6 is 0 Å². The summed E-state index contributed by atoms with van der Waals surface area (Å²) < 4.78 is 50.5. The van der Waals surface area contributed by atoms with Crippen LogP contribution in [0.4, 0.5) is 13.2 Å². The summed E-state index contributed by atoms with van der Waals surface area (Å²) in [6.07, 6.45) is -3.69. The standard InChI is InChI=1S/C25H26F3N3O4/c1-3-17-6-4-5-7-21(17)31-22(18-8-10-19(33-2)11-9-18)16-23(29-31)34-20-12-14-30(15-13-20)35-24(32)25(26,27)28/h4-11,16,20H,3,12-15H2,1-2H3. The number of piperidine rings is 1. The molecule has 0 N–H and O–H groups in total. The highest BCUT2D eigenvalue weighted by molar-refractivity contribution is 5.75. The van der Waals surface area contributed by atoms with Crippen molar-refractivity contribution in [1.82, 2.24) is 14.8 Å². The summed E-state index contributed by atoms with van der Waals surface area (Å²) >= 11 is 0. The number of rotatable bonds is 7. The van der Waals surface area contributed by atoms with Crippen LogP contribution in [0.2, 0.25) is 0 Å². The summed E-state index contributed by atoms with van der Waals surface area (Å²) in [5, 5.41) is 5.74. The van der Waals surface area contributed by atoms with E-state index in [-0.39, 0.29) is 19.2 Å². The number of methoxy groups -OCH3 is 1. The van der Waals surface area contributed by atoms with Gasteiger partial charge in [-0.2, -0.15) is 13.2 Å². The molecule has 2 heterocycles. The van der Waals surface area contributed by atoms with Gasteiger partial charge in [0.05, 0.1) is 18.5 Å². The van der Waals surface area contributed by atoms with Crippen molar-refractivity contribution in [2.75, 3.05) is 20.2 Å². The molecule has 0 saturated carbocycles. The van der Waals surface area contributed by atoms with Crippen molar-refractivity contribution in [3.05, 3.63) is 60.2 Å². The number of aromatic nitrogens is 2. The molecule has 1 fully saturated rings. The molecule has 2 aromatic carbocycles. The maximum Gasteiger partial charge on any atom is 0.492 e. The molecular weight excluding hydrogens is 463 g/mol. The largest absolute Gasteiger partial charge is 0.497 e. The minimum absolute atomic E-state index is 0.136. The van der Waals surface area contributed by atoms with Crippen molar-refractivity contribution in [3.8, 4) is 28.6 Å². The molecule has 0 atom stereocenters. The number of nitrogens with zero attached hydrogens (tertiary/aromatic N) is 3. The summed E-state index contributed by atoms with van der Waals surface area (Å²) in [7, 11) is 1.61. The summed E-state index contributed by atoms with van der Waals surface area (Å²) in [6.45, 7) is 2.35. The number of hydrogen-bond donors (Lipinski definition) is 0. The Hall–Kier alpha value is -3.53. The predicted molar refractivity (Wildman–Crippen MR) is 122 cm³/mol. The third-order valence-electron chi connectivity index (χ3n) is 5.81. The van der Waals surface area contributed by atoms with Gasteiger partial charge < -0.3 is 14.3 Å². The highest BCUT2D eigenvalue weighted by Gasteiger charge is 2.43. The second-order valence-electron chi connectivity index (χ2n) is 8.11. The zero-order valence-corrected chi connectivity index (χ0v) is 19.4. The lowest BCUT2D eigenvalue weighted by molar-refractivity contribution is -0.243. The van der Waals surface area contributed by atoms with Crippen molar-refractivity contribution in [1.29, 1.82) is 0 Å². The number of alkyl halides is 3. The molecule has 0 amide bonds. The van der Waals surface area contributed by atoms with Gasteiger partial charge in [-0.25, -0.2) is 9.48 Å². The molecule has 10 heteroatoms. The molecule has 0 spiro atoms. The maximum atomic E-state index is 12.4. The molecule has 1 aliphatic rings. The van der Waals surface area contributed by atoms with E-state index in [9.17, 15) is 18.0 Å². The van der Waals surface area contributed by atoms with Crippen molar-refractivity contribution >= 4 is 5.97 Å². The first-order chi connectivity index (χ1) is 16.8. The lowest BCUT2D eigenvalue weighted by Gasteiger charge is -2.30. The van der Waals surface area contributed by atoms with E-state index in [1.807, 2.05) is 59.3 Å². The molecule has 1 aliphatic heterocycles. The van der Waals surface area contributed by atoms with E-state index in [0.29, 0.717) is 18.7 Å². The fourth-order valence-electron chi connectivity index (χ4n) is 3.97. The molecule has 0 unspecified atom stereocenters. The fraction of sp³-hybridized carbons (Fsp3) is 0.360. The minimum atomic E-state index is -5.02. The second-order valence-corrected chi connectivity index (χ2v) is 8.11. The number of carbonyl (C=O) groups excluding carboxylic acids is 1. The molecule has 0 radical (unpaired) electrons. The summed E-state index contributed by atoms with van der Waals surface area (Å²) in [6, 6.07) is 17.5. The normalized spacial score (nSPS) is 15.1. The minimum Gasteiger partial charge on any atom is -0.497 e. The predicted octanol–water partition coefficient (Wildman–Crippen LogP) is 4.97. The lowest BCUT2D eigenvalue weighted by atomic mass is 10.1. The average Bonchev–Trinajstić information content (AvgIpc) is 3.28. The molecule has 0 aliphatic carbocycles. The van der Waals surface area contributed by atoms with Crippen molar-refractivity contribution in [2.45, 2.75) is 38.5 Å². The number of aryl methyl sites for hydroxylation is 1. The van der Waals surface area contributed by atoms with E-state index in [4.69, 9.17) is 14.6 Å². The Morgan fingerprint density at radius 1 is 1.09 bits per heavy atom. The van der Waals surface area contributed by atoms with Gasteiger partial charge in [-0.3, -0.25) is 0 Å². The van der Waals surface area contributed by atoms with Gasteiger partial charge in [0.15, 0.2) is 0 Å². The topological polar surface area (TPSA) is 65.8 Å². The Morgan fingerprint density at radius 3 is 2.40 bits per heavy atom. The van der Waals surface area contributed by atoms with E-state index in [2.05, 4.69) is 11.8 Å². The Balaban J connectivity index is 1.54. The van der Waals surface area contributed by atoms with Gasteiger partial charge in [0, 0.05) is 37.6 Å². The molecule has 35 heavy (non-hydrogen) atoms. The van der Waals surface area contributed by atoms with Gasteiger partial charge in [0.25, 0.3) is 0 Å². The van der Waals surface area contributed by atoms with Gasteiger partial charge >= 0.3 is 12.1 Å². The quantitative estimate of drug-likeness (QED) is 0.467. The van der Waals surface area contributed by atoms with E-state index >= 15 is 0 Å². The first kappa shape index (κ1) is 24.6. The number of carbonyl (C=O) groups is 1. The Labute approximate surface area is 201 Å². The highest BCUT2D eigenvalue weighted by atomic mass is 19.4. The smallest absolute Gasteiger partial charge is 0.492 e. The van der Waals surface area contributed by atoms with Crippen molar-refractivity contribution < 1.29 is 32.3 Å². The fourth-order valence-corrected chi connectivity index (χ4v) is 3.97. The zero-order valence-electron chi connectivity index (χ0n) is 19.4. The summed E-state index contributed by atoms with van der Waals surface area (Å²) in [5.41, 5.74) is 3.81. The summed E-state index contributed by atoms with van der Waals surface area (Å²) in [5.74, 6) is -1.06. The molecule has 1 saturated heterocycles. The third kappa shape index (κ3) is 5.76. The molecule has 186 valence electrons. The number of benzene rings is 2. The second kappa shape index (κ2) is 10.4. The molecule has 1 aromatic heterocycles. The molecular formula is C25H26F3N3O4. The first-order valence-electron chi connectivity index (χ1n) is 11.3. The van der Waals surface area contributed by atoms with Crippen LogP contribution in [0.25, 0.3) is 16.9 Å². The van der Waals surface area contributed by atoms with Gasteiger partial charge in [0.1, 0.15) is 11.9 Å². The van der Waals surface area contributed by atoms with Crippen LogP contribution in [0.5, 0.6) is 11.6 Å². The van der Waals surface area contributed by atoms with Crippen molar-refractivity contribution in [2.24, 2.45) is 0 Å². The van der Waals surface area contributed by atoms with Crippen LogP contribution in [0.3, 0.4) is 0 Å². The number of hydrogen-bond acceptors (Lipinski definition) is 6. The van der Waals surface area contributed by atoms with E-state index in [0.717, 1.165) is 39.7 Å². The van der Waals surface area contributed by atoms with Gasteiger partial charge in [-0.05, 0) is 42.3 Å². The molecule has 3 aromatic rings. The van der Waals surface area contributed by atoms with Crippen LogP contribution < -0.4 is 9.47 Å². The first-order valence-corrected chi connectivity index (χ1v) is 11.3. The number of hydroxylamine groups is 2. The number of para-hydroxylation sites is 1. The number of ether oxygens (including phenoxy) is 2. The Kier molecular flexibility index (Phi) is 7.30. The molecule has 0 bridgehead atoms. The zero-order chi connectivity index (χ0) is 25.0. The highest BCUT2D eigenvalue weighted by Crippen LogP contribution is 2.31. The van der Waals surface area contributed by atoms with Crippen molar-refractivity contribution in [3.63, 3.8) is 0 Å². The molecule has 4 rings (SSSR count). The van der Waals surface area contributed by atoms with Crippen LogP contribution in [0, 0.1) is 0 Å².